The number of carbonyl (C=O) groups is 2. The van der Waals surface area contributed by atoms with Gasteiger partial charge in [0.05, 0.1) is 0 Å². The van der Waals surface area contributed by atoms with Gasteiger partial charge in [0.25, 0.3) is 0 Å². The average Bonchev–Trinajstić information content (AvgIpc) is 2.91. The van der Waals surface area contributed by atoms with E-state index in [0.717, 1.165) is 18.4 Å². The monoisotopic (exact) mass is 264 g/mol. The van der Waals surface area contributed by atoms with Crippen LogP contribution in [0.5, 0.6) is 0 Å². The lowest BCUT2D eigenvalue weighted by molar-refractivity contribution is -0.140. The zero-order valence-corrected chi connectivity index (χ0v) is 12.0. The van der Waals surface area contributed by atoms with Crippen LogP contribution in [0.4, 0.5) is 0 Å². The Bertz CT molecular complexity index is 372. The summed E-state index contributed by atoms with van der Waals surface area (Å²) in [6, 6.07) is 0. The molecule has 1 aliphatic heterocycles. The lowest BCUT2D eigenvalue weighted by Gasteiger charge is -2.35. The first-order valence-electron chi connectivity index (χ1n) is 7.30. The minimum absolute atomic E-state index is 0.0768. The number of hydrogen-bond donors (Lipinski definition) is 0. The van der Waals surface area contributed by atoms with E-state index in [1.165, 1.54) is 12.8 Å². The molecule has 0 aromatic heterocycles. The van der Waals surface area contributed by atoms with Crippen molar-refractivity contribution in [1.29, 1.82) is 0 Å². The molecule has 0 atom stereocenters. The first kappa shape index (κ1) is 14.1. The standard InChI is InChI=1S/C15H24N2O2/c1-12(2)11-14(18)16-7-9-17(10-8-16)15(19)13-5-3-4-6-13/h11,13H,3-10H2,1-2H3. The summed E-state index contributed by atoms with van der Waals surface area (Å²) in [4.78, 5) is 27.9. The minimum atomic E-state index is 0.0768. The summed E-state index contributed by atoms with van der Waals surface area (Å²) in [5, 5.41) is 0. The molecule has 2 amide bonds. The highest BCUT2D eigenvalue weighted by molar-refractivity contribution is 5.88. The van der Waals surface area contributed by atoms with Gasteiger partial charge in [-0.25, -0.2) is 0 Å². The van der Waals surface area contributed by atoms with E-state index < -0.39 is 0 Å². The summed E-state index contributed by atoms with van der Waals surface area (Å²) in [7, 11) is 0. The van der Waals surface area contributed by atoms with Gasteiger partial charge in [-0.2, -0.15) is 0 Å². The van der Waals surface area contributed by atoms with Crippen LogP contribution in [0, 0.1) is 5.92 Å². The minimum Gasteiger partial charge on any atom is -0.339 e. The fraction of sp³-hybridized carbons (Fsp3) is 0.733. The number of hydrogen-bond acceptors (Lipinski definition) is 2. The van der Waals surface area contributed by atoms with E-state index in [9.17, 15) is 9.59 Å². The molecule has 4 nitrogen and oxygen atoms in total. The third-order valence-electron chi connectivity index (χ3n) is 4.02. The normalized spacial score (nSPS) is 20.5. The quantitative estimate of drug-likeness (QED) is 0.714. The van der Waals surface area contributed by atoms with Crippen molar-refractivity contribution in [3.63, 3.8) is 0 Å². The Labute approximate surface area is 115 Å². The maximum atomic E-state index is 12.3. The first-order chi connectivity index (χ1) is 9.08. The highest BCUT2D eigenvalue weighted by Gasteiger charge is 2.29. The number of nitrogens with zero attached hydrogens (tertiary/aromatic N) is 2. The molecular weight excluding hydrogens is 240 g/mol. The Morgan fingerprint density at radius 2 is 1.47 bits per heavy atom. The SMILES string of the molecule is CC(C)=CC(=O)N1CCN(C(=O)C2CCCC2)CC1. The highest BCUT2D eigenvalue weighted by Crippen LogP contribution is 2.26. The van der Waals surface area contributed by atoms with Gasteiger partial charge in [0.1, 0.15) is 0 Å². The van der Waals surface area contributed by atoms with Crippen molar-refractivity contribution in [3.8, 4) is 0 Å². The van der Waals surface area contributed by atoms with Crippen molar-refractivity contribution in [1.82, 2.24) is 9.80 Å². The predicted molar refractivity (Wildman–Crippen MR) is 74.5 cm³/mol. The smallest absolute Gasteiger partial charge is 0.246 e. The number of allylic oxidation sites excluding steroid dienone is 1. The molecule has 2 rings (SSSR count). The van der Waals surface area contributed by atoms with Gasteiger partial charge < -0.3 is 9.80 Å². The third-order valence-corrected chi connectivity index (χ3v) is 4.02. The van der Waals surface area contributed by atoms with Gasteiger partial charge in [0, 0.05) is 38.2 Å². The number of amides is 2. The summed E-state index contributed by atoms with van der Waals surface area (Å²) in [6.45, 7) is 6.58. The molecular formula is C15H24N2O2. The first-order valence-corrected chi connectivity index (χ1v) is 7.30. The van der Waals surface area contributed by atoms with E-state index in [0.29, 0.717) is 32.1 Å². The van der Waals surface area contributed by atoms with E-state index in [2.05, 4.69) is 0 Å². The van der Waals surface area contributed by atoms with Gasteiger partial charge in [-0.05, 0) is 26.7 Å². The van der Waals surface area contributed by atoms with Crippen molar-refractivity contribution >= 4 is 11.8 Å². The summed E-state index contributed by atoms with van der Waals surface area (Å²) in [5.41, 5.74) is 1.02. The van der Waals surface area contributed by atoms with Crippen LogP contribution >= 0.6 is 0 Å². The summed E-state index contributed by atoms with van der Waals surface area (Å²) in [6.07, 6.45) is 6.16. The number of piperazine rings is 1. The zero-order chi connectivity index (χ0) is 13.8. The molecule has 2 fully saturated rings. The molecule has 0 N–H and O–H groups in total. The fourth-order valence-corrected chi connectivity index (χ4v) is 2.92. The van der Waals surface area contributed by atoms with Crippen LogP contribution in [0.15, 0.2) is 11.6 Å². The second kappa shape index (κ2) is 6.22. The van der Waals surface area contributed by atoms with Gasteiger partial charge >= 0.3 is 0 Å². The molecule has 2 aliphatic rings. The van der Waals surface area contributed by atoms with Crippen molar-refractivity contribution in [2.75, 3.05) is 26.2 Å². The number of rotatable bonds is 2. The molecule has 0 aromatic carbocycles. The molecule has 1 saturated heterocycles. The van der Waals surface area contributed by atoms with Crippen LogP contribution in [0.25, 0.3) is 0 Å². The summed E-state index contributed by atoms with van der Waals surface area (Å²) >= 11 is 0. The molecule has 1 saturated carbocycles. The molecule has 1 heterocycles. The summed E-state index contributed by atoms with van der Waals surface area (Å²) < 4.78 is 0. The largest absolute Gasteiger partial charge is 0.339 e. The Morgan fingerprint density at radius 1 is 0.947 bits per heavy atom. The Hall–Kier alpha value is -1.32. The van der Waals surface area contributed by atoms with Crippen LogP contribution in [0.2, 0.25) is 0 Å². The van der Waals surface area contributed by atoms with Crippen LogP contribution in [-0.4, -0.2) is 47.8 Å². The van der Waals surface area contributed by atoms with Crippen molar-refractivity contribution < 1.29 is 9.59 Å². The van der Waals surface area contributed by atoms with Gasteiger partial charge in [-0.1, -0.05) is 18.4 Å². The summed E-state index contributed by atoms with van der Waals surface area (Å²) in [5.74, 6) is 0.639. The lowest BCUT2D eigenvalue weighted by atomic mass is 10.1. The van der Waals surface area contributed by atoms with Crippen LogP contribution in [0.3, 0.4) is 0 Å². The molecule has 19 heavy (non-hydrogen) atoms. The van der Waals surface area contributed by atoms with Gasteiger partial charge in [-0.3, -0.25) is 9.59 Å². The Morgan fingerprint density at radius 3 is 2.00 bits per heavy atom. The van der Waals surface area contributed by atoms with Crippen molar-refractivity contribution in [2.24, 2.45) is 5.92 Å². The van der Waals surface area contributed by atoms with E-state index in [4.69, 9.17) is 0 Å². The van der Waals surface area contributed by atoms with Gasteiger partial charge in [0.2, 0.25) is 11.8 Å². The van der Waals surface area contributed by atoms with Gasteiger partial charge in [0.15, 0.2) is 0 Å². The van der Waals surface area contributed by atoms with Crippen LogP contribution < -0.4 is 0 Å². The second-order valence-electron chi connectivity index (χ2n) is 5.85. The molecule has 0 unspecified atom stereocenters. The topological polar surface area (TPSA) is 40.6 Å². The average molecular weight is 264 g/mol. The maximum absolute atomic E-state index is 12.3. The van der Waals surface area contributed by atoms with E-state index in [-0.39, 0.29) is 11.8 Å². The predicted octanol–water partition coefficient (Wildman–Crippen LogP) is 1.81. The van der Waals surface area contributed by atoms with Crippen LogP contribution in [0.1, 0.15) is 39.5 Å². The highest BCUT2D eigenvalue weighted by atomic mass is 16.2. The maximum Gasteiger partial charge on any atom is 0.246 e. The van der Waals surface area contributed by atoms with E-state index >= 15 is 0 Å². The van der Waals surface area contributed by atoms with Crippen LogP contribution in [-0.2, 0) is 9.59 Å². The fourth-order valence-electron chi connectivity index (χ4n) is 2.92. The Kier molecular flexibility index (Phi) is 4.61. The molecule has 0 aromatic rings. The molecule has 1 aliphatic carbocycles. The Balaban J connectivity index is 1.83. The molecule has 106 valence electrons. The van der Waals surface area contributed by atoms with E-state index in [1.54, 1.807) is 6.08 Å². The van der Waals surface area contributed by atoms with Gasteiger partial charge in [-0.15, -0.1) is 0 Å². The second-order valence-corrected chi connectivity index (χ2v) is 5.85. The molecule has 0 radical (unpaired) electrons. The van der Waals surface area contributed by atoms with Crippen molar-refractivity contribution in [3.05, 3.63) is 11.6 Å². The number of carbonyl (C=O) groups excluding carboxylic acids is 2. The lowest BCUT2D eigenvalue weighted by Crippen LogP contribution is -2.51. The van der Waals surface area contributed by atoms with E-state index in [1.807, 2.05) is 23.6 Å². The van der Waals surface area contributed by atoms with Crippen molar-refractivity contribution in [2.45, 2.75) is 39.5 Å². The molecule has 4 heteroatoms. The zero-order valence-electron chi connectivity index (χ0n) is 12.0. The third kappa shape index (κ3) is 3.58. The molecule has 0 bridgehead atoms. The molecule has 0 spiro atoms.